The van der Waals surface area contributed by atoms with Crippen molar-refractivity contribution >= 4 is 11.5 Å². The molecule has 1 aliphatic heterocycles. The zero-order chi connectivity index (χ0) is 12.8. The molecule has 0 fully saturated rings. The number of nitriles is 1. The van der Waals surface area contributed by atoms with Gasteiger partial charge in [0.15, 0.2) is 0 Å². The lowest BCUT2D eigenvalue weighted by Gasteiger charge is -2.13. The highest BCUT2D eigenvalue weighted by Crippen LogP contribution is 2.28. The minimum atomic E-state index is 0.585. The van der Waals surface area contributed by atoms with E-state index in [-0.39, 0.29) is 0 Å². The molecule has 4 heteroatoms. The van der Waals surface area contributed by atoms with Crippen LogP contribution in [0.15, 0.2) is 23.2 Å². The van der Waals surface area contributed by atoms with Crippen LogP contribution in [0.3, 0.4) is 0 Å². The van der Waals surface area contributed by atoms with E-state index in [2.05, 4.69) is 16.4 Å². The summed E-state index contributed by atoms with van der Waals surface area (Å²) in [7, 11) is 1.61. The predicted molar refractivity (Wildman–Crippen MR) is 72.1 cm³/mol. The van der Waals surface area contributed by atoms with Crippen LogP contribution in [0.1, 0.15) is 31.2 Å². The summed E-state index contributed by atoms with van der Waals surface area (Å²) in [5.74, 6) is 1.63. The molecule has 0 unspecified atom stereocenters. The SMILES string of the molecule is COc1cccc(C#N)c1NC1=NCCCCC1. The molecule has 1 heterocycles. The molecule has 0 bridgehead atoms. The predicted octanol–water partition coefficient (Wildman–Crippen LogP) is 2.95. The molecular formula is C14H17N3O. The first kappa shape index (κ1) is 12.4. The van der Waals surface area contributed by atoms with Crippen molar-refractivity contribution in [2.45, 2.75) is 25.7 Å². The highest BCUT2D eigenvalue weighted by atomic mass is 16.5. The Morgan fingerprint density at radius 2 is 2.22 bits per heavy atom. The number of benzene rings is 1. The third-order valence-electron chi connectivity index (χ3n) is 3.01. The fraction of sp³-hybridized carbons (Fsp3) is 0.429. The van der Waals surface area contributed by atoms with Crippen molar-refractivity contribution in [1.29, 1.82) is 5.26 Å². The molecular weight excluding hydrogens is 226 g/mol. The number of para-hydroxylation sites is 1. The summed E-state index contributed by atoms with van der Waals surface area (Å²) < 4.78 is 5.29. The van der Waals surface area contributed by atoms with Crippen molar-refractivity contribution in [2.24, 2.45) is 4.99 Å². The maximum Gasteiger partial charge on any atom is 0.143 e. The zero-order valence-electron chi connectivity index (χ0n) is 10.6. The molecule has 1 N–H and O–H groups in total. The summed E-state index contributed by atoms with van der Waals surface area (Å²) in [5, 5.41) is 12.4. The van der Waals surface area contributed by atoms with Crippen LogP contribution >= 0.6 is 0 Å². The average Bonchev–Trinajstić information content (AvgIpc) is 2.67. The van der Waals surface area contributed by atoms with Gasteiger partial charge in [-0.2, -0.15) is 5.26 Å². The van der Waals surface area contributed by atoms with E-state index in [4.69, 9.17) is 10.00 Å². The van der Waals surface area contributed by atoms with Crippen LogP contribution in [-0.2, 0) is 0 Å². The van der Waals surface area contributed by atoms with Gasteiger partial charge < -0.3 is 10.1 Å². The van der Waals surface area contributed by atoms with Crippen LogP contribution in [0.2, 0.25) is 0 Å². The first-order valence-corrected chi connectivity index (χ1v) is 6.22. The van der Waals surface area contributed by atoms with E-state index in [1.807, 2.05) is 12.1 Å². The Hall–Kier alpha value is -2.02. The van der Waals surface area contributed by atoms with Gasteiger partial charge in [0.2, 0.25) is 0 Å². The van der Waals surface area contributed by atoms with Crippen LogP contribution in [0, 0.1) is 11.3 Å². The fourth-order valence-corrected chi connectivity index (χ4v) is 2.04. The number of nitrogens with one attached hydrogen (secondary N) is 1. The van der Waals surface area contributed by atoms with Crippen LogP contribution in [0.5, 0.6) is 5.75 Å². The van der Waals surface area contributed by atoms with E-state index >= 15 is 0 Å². The molecule has 0 aromatic heterocycles. The molecule has 0 saturated carbocycles. The van der Waals surface area contributed by atoms with Gasteiger partial charge in [-0.15, -0.1) is 0 Å². The van der Waals surface area contributed by atoms with Gasteiger partial charge in [-0.3, -0.25) is 4.99 Å². The number of aliphatic imine (C=N–C) groups is 1. The van der Waals surface area contributed by atoms with Gasteiger partial charge in [0.25, 0.3) is 0 Å². The maximum absolute atomic E-state index is 9.14. The fourth-order valence-electron chi connectivity index (χ4n) is 2.04. The van der Waals surface area contributed by atoms with Gasteiger partial charge in [0.05, 0.1) is 12.7 Å². The Morgan fingerprint density at radius 1 is 1.33 bits per heavy atom. The number of hydrogen-bond donors (Lipinski definition) is 1. The van der Waals surface area contributed by atoms with Crippen molar-refractivity contribution < 1.29 is 4.74 Å². The number of anilines is 1. The van der Waals surface area contributed by atoms with E-state index in [0.29, 0.717) is 11.3 Å². The summed E-state index contributed by atoms with van der Waals surface area (Å²) >= 11 is 0. The van der Waals surface area contributed by atoms with Gasteiger partial charge in [0.1, 0.15) is 23.3 Å². The van der Waals surface area contributed by atoms with Crippen molar-refractivity contribution in [2.75, 3.05) is 19.0 Å². The summed E-state index contributed by atoms with van der Waals surface area (Å²) in [5.41, 5.74) is 1.31. The zero-order valence-corrected chi connectivity index (χ0v) is 10.6. The van der Waals surface area contributed by atoms with Gasteiger partial charge >= 0.3 is 0 Å². The number of ether oxygens (including phenoxy) is 1. The van der Waals surface area contributed by atoms with Crippen LogP contribution in [0.25, 0.3) is 0 Å². The molecule has 1 aromatic carbocycles. The summed E-state index contributed by atoms with van der Waals surface area (Å²) in [6.07, 6.45) is 4.43. The molecule has 1 aromatic rings. The highest BCUT2D eigenvalue weighted by molar-refractivity contribution is 5.98. The van der Waals surface area contributed by atoms with Crippen molar-refractivity contribution in [3.05, 3.63) is 23.8 Å². The molecule has 0 atom stereocenters. The number of nitrogens with zero attached hydrogens (tertiary/aromatic N) is 2. The average molecular weight is 243 g/mol. The number of rotatable bonds is 2. The topological polar surface area (TPSA) is 57.4 Å². The third-order valence-corrected chi connectivity index (χ3v) is 3.01. The van der Waals surface area contributed by atoms with Gasteiger partial charge in [-0.25, -0.2) is 0 Å². The van der Waals surface area contributed by atoms with Crippen LogP contribution in [-0.4, -0.2) is 19.5 Å². The molecule has 0 spiro atoms. The molecule has 4 nitrogen and oxygen atoms in total. The van der Waals surface area contributed by atoms with Gasteiger partial charge in [-0.05, 0) is 25.0 Å². The van der Waals surface area contributed by atoms with E-state index in [0.717, 1.165) is 37.3 Å². The molecule has 94 valence electrons. The summed E-state index contributed by atoms with van der Waals surface area (Å²) in [4.78, 5) is 4.51. The molecule has 0 saturated heterocycles. The Balaban J connectivity index is 2.27. The van der Waals surface area contributed by atoms with E-state index in [1.165, 1.54) is 6.42 Å². The highest BCUT2D eigenvalue weighted by Gasteiger charge is 2.12. The molecule has 18 heavy (non-hydrogen) atoms. The van der Waals surface area contributed by atoms with Crippen molar-refractivity contribution in [3.63, 3.8) is 0 Å². The van der Waals surface area contributed by atoms with E-state index < -0.39 is 0 Å². The number of methoxy groups -OCH3 is 1. The second-order valence-corrected chi connectivity index (χ2v) is 4.26. The van der Waals surface area contributed by atoms with Crippen molar-refractivity contribution in [3.8, 4) is 11.8 Å². The van der Waals surface area contributed by atoms with E-state index in [9.17, 15) is 0 Å². The first-order valence-electron chi connectivity index (χ1n) is 6.22. The second-order valence-electron chi connectivity index (χ2n) is 4.26. The lowest BCUT2D eigenvalue weighted by Crippen LogP contribution is -2.13. The monoisotopic (exact) mass is 243 g/mol. The molecule has 2 rings (SSSR count). The Morgan fingerprint density at radius 3 is 3.00 bits per heavy atom. The Kier molecular flexibility index (Phi) is 4.19. The van der Waals surface area contributed by atoms with E-state index in [1.54, 1.807) is 13.2 Å². The van der Waals surface area contributed by atoms with Gasteiger partial charge in [-0.1, -0.05) is 12.5 Å². The Labute approximate surface area is 107 Å². The molecule has 0 radical (unpaired) electrons. The summed E-state index contributed by atoms with van der Waals surface area (Å²) in [6.45, 7) is 0.860. The lowest BCUT2D eigenvalue weighted by atomic mass is 10.1. The van der Waals surface area contributed by atoms with Crippen LogP contribution < -0.4 is 10.1 Å². The van der Waals surface area contributed by atoms with Gasteiger partial charge in [0, 0.05) is 13.0 Å². The second kappa shape index (κ2) is 6.06. The summed E-state index contributed by atoms with van der Waals surface area (Å²) in [6, 6.07) is 7.62. The minimum Gasteiger partial charge on any atom is -0.495 e. The Bertz CT molecular complexity index is 488. The molecule has 0 amide bonds. The molecule has 0 aliphatic carbocycles. The normalized spacial score (nSPS) is 15.2. The molecule has 1 aliphatic rings. The first-order chi connectivity index (χ1) is 8.85. The maximum atomic E-state index is 9.14. The lowest BCUT2D eigenvalue weighted by molar-refractivity contribution is 0.417. The number of hydrogen-bond acceptors (Lipinski definition) is 4. The minimum absolute atomic E-state index is 0.585. The number of amidine groups is 1. The van der Waals surface area contributed by atoms with Crippen molar-refractivity contribution in [1.82, 2.24) is 0 Å². The standard InChI is InChI=1S/C14H17N3O/c1-18-12-7-5-6-11(10-15)14(12)17-13-8-3-2-4-9-16-13/h5-7H,2-4,8-9H2,1H3,(H,16,17). The third kappa shape index (κ3) is 2.80. The quantitative estimate of drug-likeness (QED) is 0.868. The largest absolute Gasteiger partial charge is 0.495 e. The van der Waals surface area contributed by atoms with Crippen LogP contribution in [0.4, 0.5) is 5.69 Å². The smallest absolute Gasteiger partial charge is 0.143 e.